The van der Waals surface area contributed by atoms with Crippen LogP contribution >= 0.6 is 0 Å². The minimum absolute atomic E-state index is 0.0918. The maximum Gasteiger partial charge on any atom is 0.282 e. The molecule has 0 unspecified atom stereocenters. The lowest BCUT2D eigenvalue weighted by Crippen LogP contribution is -2.08. The van der Waals surface area contributed by atoms with Crippen molar-refractivity contribution in [3.8, 4) is 11.5 Å². The molecule has 25 heavy (non-hydrogen) atoms. The molecule has 2 rings (SSSR count). The summed E-state index contributed by atoms with van der Waals surface area (Å²) in [7, 11) is 1.44. The van der Waals surface area contributed by atoms with Crippen LogP contribution in [0.25, 0.3) is 0 Å². The van der Waals surface area contributed by atoms with E-state index in [1.165, 1.54) is 19.4 Å². The number of nitro benzene ring substituents is 1. The molecule has 0 radical (unpaired) electrons. The van der Waals surface area contributed by atoms with Gasteiger partial charge in [0.25, 0.3) is 5.69 Å². The Kier molecular flexibility index (Phi) is 5.94. The lowest BCUT2D eigenvalue weighted by molar-refractivity contribution is -0.385. The topological polar surface area (TPSA) is 86.0 Å². The van der Waals surface area contributed by atoms with E-state index in [1.807, 2.05) is 45.0 Å². The summed E-state index contributed by atoms with van der Waals surface area (Å²) in [5.74, 6) is 0.740. The lowest BCUT2D eigenvalue weighted by Gasteiger charge is -2.14. The Labute approximate surface area is 146 Å². The van der Waals surface area contributed by atoms with Gasteiger partial charge in [-0.25, -0.2) is 0 Å². The quantitative estimate of drug-likeness (QED) is 0.464. The number of nitrogens with one attached hydrogen (secondary N) is 1. The molecule has 0 saturated heterocycles. The highest BCUT2D eigenvalue weighted by Crippen LogP contribution is 2.34. The number of aryl methyl sites for hydroxylation is 1. The van der Waals surface area contributed by atoms with Gasteiger partial charge < -0.3 is 9.47 Å². The third-order valence-corrected chi connectivity index (χ3v) is 3.32. The fourth-order valence-corrected chi connectivity index (χ4v) is 2.14. The molecule has 0 saturated carbocycles. The van der Waals surface area contributed by atoms with Gasteiger partial charge >= 0.3 is 0 Å². The van der Waals surface area contributed by atoms with Crippen LogP contribution < -0.4 is 14.9 Å². The summed E-state index contributed by atoms with van der Waals surface area (Å²) in [5.41, 5.74) is 4.99. The van der Waals surface area contributed by atoms with Gasteiger partial charge in [0.15, 0.2) is 11.5 Å². The van der Waals surface area contributed by atoms with E-state index >= 15 is 0 Å². The summed E-state index contributed by atoms with van der Waals surface area (Å²) >= 11 is 0. The van der Waals surface area contributed by atoms with Crippen molar-refractivity contribution in [2.24, 2.45) is 5.10 Å². The Bertz CT molecular complexity index is 771. The highest BCUT2D eigenvalue weighted by molar-refractivity contribution is 5.87. The zero-order valence-electron chi connectivity index (χ0n) is 14.6. The number of hydrogen-bond acceptors (Lipinski definition) is 6. The Morgan fingerprint density at radius 1 is 1.20 bits per heavy atom. The third-order valence-electron chi connectivity index (χ3n) is 3.32. The second kappa shape index (κ2) is 8.14. The molecule has 0 spiro atoms. The van der Waals surface area contributed by atoms with Crippen molar-refractivity contribution >= 4 is 17.6 Å². The van der Waals surface area contributed by atoms with Crippen LogP contribution in [0, 0.1) is 17.0 Å². The molecule has 0 atom stereocenters. The molecule has 7 nitrogen and oxygen atoms in total. The lowest BCUT2D eigenvalue weighted by atomic mass is 10.1. The minimum atomic E-state index is -0.477. The van der Waals surface area contributed by atoms with Crippen LogP contribution in [0.15, 0.2) is 41.5 Å². The van der Waals surface area contributed by atoms with Crippen LogP contribution in [0.4, 0.5) is 11.4 Å². The molecule has 1 N–H and O–H groups in total. The number of anilines is 1. The van der Waals surface area contributed by atoms with Crippen molar-refractivity contribution in [3.63, 3.8) is 0 Å². The van der Waals surface area contributed by atoms with Crippen molar-refractivity contribution < 1.29 is 14.4 Å². The van der Waals surface area contributed by atoms with Crippen LogP contribution in [0.2, 0.25) is 0 Å². The first-order chi connectivity index (χ1) is 11.9. The molecule has 2 aromatic rings. The number of ether oxygens (including phenoxy) is 2. The predicted molar refractivity (Wildman–Crippen MR) is 97.8 cm³/mol. The Hall–Kier alpha value is -3.09. The van der Waals surface area contributed by atoms with E-state index in [4.69, 9.17) is 9.47 Å². The number of benzene rings is 2. The van der Waals surface area contributed by atoms with E-state index in [9.17, 15) is 10.1 Å². The van der Waals surface area contributed by atoms with Gasteiger partial charge in [-0.1, -0.05) is 17.7 Å². The molecule has 2 aromatic carbocycles. The smallest absolute Gasteiger partial charge is 0.282 e. The van der Waals surface area contributed by atoms with E-state index in [1.54, 1.807) is 6.07 Å². The highest BCUT2D eigenvalue weighted by Gasteiger charge is 2.19. The van der Waals surface area contributed by atoms with Crippen molar-refractivity contribution in [1.29, 1.82) is 0 Å². The fraction of sp³-hybridized carbons (Fsp3) is 0.278. The number of hydrazone groups is 1. The van der Waals surface area contributed by atoms with Crippen LogP contribution in [0.1, 0.15) is 25.0 Å². The van der Waals surface area contributed by atoms with Crippen molar-refractivity contribution in [2.75, 3.05) is 12.5 Å². The van der Waals surface area contributed by atoms with Gasteiger partial charge in [-0.2, -0.15) is 5.10 Å². The van der Waals surface area contributed by atoms with Crippen LogP contribution in [-0.4, -0.2) is 24.4 Å². The van der Waals surface area contributed by atoms with Gasteiger partial charge in [0.2, 0.25) is 0 Å². The first-order valence-electron chi connectivity index (χ1n) is 7.79. The maximum absolute atomic E-state index is 11.3. The normalized spacial score (nSPS) is 10.9. The van der Waals surface area contributed by atoms with Crippen molar-refractivity contribution in [3.05, 3.63) is 57.6 Å². The standard InChI is InChI=1S/C18H21N3O4/c1-12(2)25-18-9-14(16(21(22)23)10-17(18)24-4)11-19-20-15-7-5-13(3)6-8-15/h5-12,20H,1-4H3. The van der Waals surface area contributed by atoms with Crippen LogP contribution in [-0.2, 0) is 0 Å². The summed E-state index contributed by atoms with van der Waals surface area (Å²) in [4.78, 5) is 10.8. The largest absolute Gasteiger partial charge is 0.493 e. The first kappa shape index (κ1) is 18.3. The number of methoxy groups -OCH3 is 1. The molecule has 0 aliphatic rings. The van der Waals surface area contributed by atoms with Crippen molar-refractivity contribution in [2.45, 2.75) is 26.9 Å². The maximum atomic E-state index is 11.3. The summed E-state index contributed by atoms with van der Waals surface area (Å²) in [6, 6.07) is 10.5. The third kappa shape index (κ3) is 4.94. The van der Waals surface area contributed by atoms with E-state index in [0.717, 1.165) is 11.3 Å². The van der Waals surface area contributed by atoms with Crippen molar-refractivity contribution in [1.82, 2.24) is 0 Å². The summed E-state index contributed by atoms with van der Waals surface area (Å²) < 4.78 is 10.8. The SMILES string of the molecule is COc1cc([N+](=O)[O-])c(C=NNc2ccc(C)cc2)cc1OC(C)C. The zero-order valence-corrected chi connectivity index (χ0v) is 14.6. The summed E-state index contributed by atoms with van der Waals surface area (Å²) in [6.07, 6.45) is 1.30. The van der Waals surface area contributed by atoms with Gasteiger partial charge in [-0.05, 0) is 39.0 Å². The molecule has 0 heterocycles. The molecular formula is C18H21N3O4. The first-order valence-corrected chi connectivity index (χ1v) is 7.79. The number of nitro groups is 1. The molecule has 0 aromatic heterocycles. The second-order valence-corrected chi connectivity index (χ2v) is 5.72. The van der Waals surface area contributed by atoms with E-state index in [2.05, 4.69) is 10.5 Å². The van der Waals surface area contributed by atoms with Gasteiger partial charge in [0, 0.05) is 0 Å². The monoisotopic (exact) mass is 343 g/mol. The minimum Gasteiger partial charge on any atom is -0.493 e. The average Bonchev–Trinajstić information content (AvgIpc) is 2.56. The van der Waals surface area contributed by atoms with Gasteiger partial charge in [-0.3, -0.25) is 15.5 Å². The number of rotatable bonds is 7. The van der Waals surface area contributed by atoms with Crippen LogP contribution in [0.5, 0.6) is 11.5 Å². The molecule has 132 valence electrons. The Morgan fingerprint density at radius 2 is 1.88 bits per heavy atom. The molecule has 0 aliphatic carbocycles. The molecule has 0 bridgehead atoms. The van der Waals surface area contributed by atoms with Gasteiger partial charge in [0.05, 0.1) is 41.7 Å². The predicted octanol–water partition coefficient (Wildman–Crippen LogP) is 4.15. The molecule has 7 heteroatoms. The van der Waals surface area contributed by atoms with E-state index < -0.39 is 4.92 Å². The number of hydrogen-bond donors (Lipinski definition) is 1. The number of nitrogens with zero attached hydrogens (tertiary/aromatic N) is 2. The van der Waals surface area contributed by atoms with Crippen LogP contribution in [0.3, 0.4) is 0 Å². The summed E-state index contributed by atoms with van der Waals surface area (Å²) in [5, 5.41) is 15.4. The average molecular weight is 343 g/mol. The summed E-state index contributed by atoms with van der Waals surface area (Å²) in [6.45, 7) is 5.73. The fourth-order valence-electron chi connectivity index (χ4n) is 2.14. The molecule has 0 amide bonds. The van der Waals surface area contributed by atoms with Gasteiger partial charge in [-0.15, -0.1) is 0 Å². The zero-order chi connectivity index (χ0) is 18.4. The second-order valence-electron chi connectivity index (χ2n) is 5.72. The molecular weight excluding hydrogens is 322 g/mol. The van der Waals surface area contributed by atoms with E-state index in [-0.39, 0.29) is 11.8 Å². The Balaban J connectivity index is 2.31. The van der Waals surface area contributed by atoms with Gasteiger partial charge in [0.1, 0.15) is 0 Å². The Morgan fingerprint density at radius 3 is 2.44 bits per heavy atom. The molecule has 0 fully saturated rings. The van der Waals surface area contributed by atoms with E-state index in [0.29, 0.717) is 17.1 Å². The highest BCUT2D eigenvalue weighted by atomic mass is 16.6. The molecule has 0 aliphatic heterocycles.